The van der Waals surface area contributed by atoms with Crippen molar-refractivity contribution in [3.05, 3.63) is 35.9 Å². The summed E-state index contributed by atoms with van der Waals surface area (Å²) in [5.41, 5.74) is 0.313. The van der Waals surface area contributed by atoms with Crippen molar-refractivity contribution in [2.45, 2.75) is 58.7 Å². The third-order valence-electron chi connectivity index (χ3n) is 3.97. The van der Waals surface area contributed by atoms with Crippen molar-refractivity contribution >= 4 is 21.9 Å². The zero-order valence-corrected chi connectivity index (χ0v) is 19.7. The van der Waals surface area contributed by atoms with Gasteiger partial charge in [-0.05, 0) is 46.6 Å². The molecule has 1 rings (SSSR count). The van der Waals surface area contributed by atoms with E-state index in [1.807, 2.05) is 65.0 Å². The molecule has 1 aromatic carbocycles. The maximum absolute atomic E-state index is 12.3. The smallest absolute Gasteiger partial charge is 0.408 e. The maximum atomic E-state index is 12.3. The number of rotatable bonds is 9. The highest BCUT2D eigenvalue weighted by Gasteiger charge is 2.20. The minimum absolute atomic E-state index is 0.0773. The predicted octanol–water partition coefficient (Wildman–Crippen LogP) is 2.63. The van der Waals surface area contributed by atoms with Gasteiger partial charge in [0.15, 0.2) is 5.96 Å². The Bertz CT molecular complexity index is 789. The van der Waals surface area contributed by atoms with Gasteiger partial charge in [0, 0.05) is 18.8 Å². The van der Waals surface area contributed by atoms with Crippen molar-refractivity contribution in [1.29, 1.82) is 0 Å². The highest BCUT2D eigenvalue weighted by Crippen LogP contribution is 2.15. The fourth-order valence-corrected chi connectivity index (χ4v) is 3.35. The molecule has 0 aliphatic heterocycles. The zero-order valence-electron chi connectivity index (χ0n) is 18.9. The number of guanidine groups is 1. The van der Waals surface area contributed by atoms with E-state index in [1.165, 1.54) is 6.26 Å². The van der Waals surface area contributed by atoms with Crippen LogP contribution in [-0.2, 0) is 14.6 Å². The van der Waals surface area contributed by atoms with Crippen molar-refractivity contribution in [2.75, 3.05) is 25.1 Å². The molecule has 0 fully saturated rings. The molecule has 30 heavy (non-hydrogen) atoms. The molecule has 0 bridgehead atoms. The molecule has 1 aromatic rings. The standard InChI is InChI=1S/C21H36N4O4S/c1-7-22-19(24-16(2)13-14-30(6,27)28)23-15-18(17-11-9-8-10-12-17)25-20(26)29-21(3,4)5/h8-12,16,18H,7,13-15H2,1-6H3,(H,25,26)(H2,22,23,24). The van der Waals surface area contributed by atoms with E-state index in [1.54, 1.807) is 0 Å². The first-order valence-electron chi connectivity index (χ1n) is 10.2. The maximum Gasteiger partial charge on any atom is 0.408 e. The van der Waals surface area contributed by atoms with Crippen LogP contribution in [-0.4, -0.2) is 57.2 Å². The molecule has 0 spiro atoms. The van der Waals surface area contributed by atoms with Crippen LogP contribution in [0.2, 0.25) is 0 Å². The second kappa shape index (κ2) is 11.8. The van der Waals surface area contributed by atoms with Crippen LogP contribution >= 0.6 is 0 Å². The van der Waals surface area contributed by atoms with E-state index in [-0.39, 0.29) is 24.4 Å². The molecule has 2 atom stereocenters. The number of aliphatic imine (C=N–C) groups is 1. The van der Waals surface area contributed by atoms with Crippen LogP contribution in [0.5, 0.6) is 0 Å². The van der Waals surface area contributed by atoms with Crippen molar-refractivity contribution in [1.82, 2.24) is 16.0 Å². The minimum atomic E-state index is -3.02. The Morgan fingerprint density at radius 2 is 1.80 bits per heavy atom. The van der Waals surface area contributed by atoms with Gasteiger partial charge in [0.2, 0.25) is 0 Å². The van der Waals surface area contributed by atoms with Crippen LogP contribution in [0.15, 0.2) is 35.3 Å². The molecular weight excluding hydrogens is 404 g/mol. The number of alkyl carbamates (subject to hydrolysis) is 1. The van der Waals surface area contributed by atoms with Crippen LogP contribution in [0.3, 0.4) is 0 Å². The highest BCUT2D eigenvalue weighted by atomic mass is 32.2. The fraction of sp³-hybridized carbons (Fsp3) is 0.619. The van der Waals surface area contributed by atoms with E-state index < -0.39 is 21.5 Å². The molecule has 0 aliphatic carbocycles. The summed E-state index contributed by atoms with van der Waals surface area (Å²) in [4.78, 5) is 16.9. The number of carbonyl (C=O) groups is 1. The van der Waals surface area contributed by atoms with Crippen LogP contribution in [0, 0.1) is 0 Å². The van der Waals surface area contributed by atoms with E-state index in [2.05, 4.69) is 20.9 Å². The first-order valence-corrected chi connectivity index (χ1v) is 12.2. The third kappa shape index (κ3) is 11.6. The van der Waals surface area contributed by atoms with E-state index in [9.17, 15) is 13.2 Å². The average Bonchev–Trinajstić information content (AvgIpc) is 2.62. The zero-order chi connectivity index (χ0) is 22.8. The van der Waals surface area contributed by atoms with Gasteiger partial charge in [-0.3, -0.25) is 4.99 Å². The van der Waals surface area contributed by atoms with E-state index in [0.717, 1.165) is 5.56 Å². The SMILES string of the molecule is CCNC(=NCC(NC(=O)OC(C)(C)C)c1ccccc1)NC(C)CCS(C)(=O)=O. The molecule has 0 radical (unpaired) electrons. The summed E-state index contributed by atoms with van der Waals surface area (Å²) < 4.78 is 28.2. The Balaban J connectivity index is 2.89. The Hall–Kier alpha value is -2.29. The van der Waals surface area contributed by atoms with Crippen molar-refractivity contribution in [3.8, 4) is 0 Å². The number of nitrogens with one attached hydrogen (secondary N) is 3. The topological polar surface area (TPSA) is 109 Å². The van der Waals surface area contributed by atoms with E-state index in [4.69, 9.17) is 4.74 Å². The molecule has 0 aliphatic rings. The Labute approximate surface area is 180 Å². The normalized spacial score (nSPS) is 14.5. The fourth-order valence-electron chi connectivity index (χ4n) is 2.57. The van der Waals surface area contributed by atoms with Gasteiger partial charge in [-0.1, -0.05) is 30.3 Å². The molecule has 0 saturated heterocycles. The van der Waals surface area contributed by atoms with E-state index >= 15 is 0 Å². The second-order valence-electron chi connectivity index (χ2n) is 8.29. The number of nitrogens with zero attached hydrogens (tertiary/aromatic N) is 1. The minimum Gasteiger partial charge on any atom is -0.444 e. The number of hydrogen-bond donors (Lipinski definition) is 3. The van der Waals surface area contributed by atoms with Gasteiger partial charge < -0.3 is 20.7 Å². The largest absolute Gasteiger partial charge is 0.444 e. The Morgan fingerprint density at radius 1 is 1.17 bits per heavy atom. The summed E-state index contributed by atoms with van der Waals surface area (Å²) in [6.45, 7) is 10.2. The van der Waals surface area contributed by atoms with Crippen LogP contribution in [0.25, 0.3) is 0 Å². The van der Waals surface area contributed by atoms with Gasteiger partial charge in [0.25, 0.3) is 0 Å². The molecular formula is C21H36N4O4S. The summed E-state index contributed by atoms with van der Waals surface area (Å²) >= 11 is 0. The number of carbonyl (C=O) groups excluding carboxylic acids is 1. The third-order valence-corrected chi connectivity index (χ3v) is 4.95. The van der Waals surface area contributed by atoms with E-state index in [0.29, 0.717) is 18.9 Å². The molecule has 9 heteroatoms. The summed E-state index contributed by atoms with van der Waals surface area (Å²) in [6.07, 6.45) is 1.19. The molecule has 3 N–H and O–H groups in total. The lowest BCUT2D eigenvalue weighted by Gasteiger charge is -2.24. The lowest BCUT2D eigenvalue weighted by atomic mass is 10.1. The number of ether oxygens (including phenoxy) is 1. The molecule has 2 unspecified atom stereocenters. The first-order chi connectivity index (χ1) is 13.9. The number of sulfone groups is 1. The van der Waals surface area contributed by atoms with Crippen molar-refractivity contribution < 1.29 is 17.9 Å². The lowest BCUT2D eigenvalue weighted by Crippen LogP contribution is -2.43. The number of hydrogen-bond acceptors (Lipinski definition) is 5. The predicted molar refractivity (Wildman–Crippen MR) is 121 cm³/mol. The number of amides is 1. The van der Waals surface area contributed by atoms with Gasteiger partial charge in [-0.25, -0.2) is 13.2 Å². The second-order valence-corrected chi connectivity index (χ2v) is 10.6. The van der Waals surface area contributed by atoms with Crippen LogP contribution in [0.4, 0.5) is 4.79 Å². The van der Waals surface area contributed by atoms with Gasteiger partial charge in [-0.2, -0.15) is 0 Å². The van der Waals surface area contributed by atoms with Crippen molar-refractivity contribution in [2.24, 2.45) is 4.99 Å². The van der Waals surface area contributed by atoms with Gasteiger partial charge in [-0.15, -0.1) is 0 Å². The van der Waals surface area contributed by atoms with Crippen LogP contribution < -0.4 is 16.0 Å². The monoisotopic (exact) mass is 440 g/mol. The van der Waals surface area contributed by atoms with Crippen molar-refractivity contribution in [3.63, 3.8) is 0 Å². The lowest BCUT2D eigenvalue weighted by molar-refractivity contribution is 0.0505. The molecule has 0 heterocycles. The molecule has 0 aromatic heterocycles. The molecule has 0 saturated carbocycles. The van der Waals surface area contributed by atoms with Gasteiger partial charge in [0.05, 0.1) is 18.3 Å². The first kappa shape index (κ1) is 25.7. The highest BCUT2D eigenvalue weighted by molar-refractivity contribution is 7.90. The summed E-state index contributed by atoms with van der Waals surface area (Å²) in [5, 5.41) is 9.26. The summed E-state index contributed by atoms with van der Waals surface area (Å²) in [7, 11) is -3.02. The van der Waals surface area contributed by atoms with Gasteiger partial charge in [0.1, 0.15) is 15.4 Å². The summed E-state index contributed by atoms with van der Waals surface area (Å²) in [6, 6.07) is 9.11. The van der Waals surface area contributed by atoms with Crippen LogP contribution in [0.1, 0.15) is 52.6 Å². The summed E-state index contributed by atoms with van der Waals surface area (Å²) in [5.74, 6) is 0.665. The Kier molecular flexibility index (Phi) is 10.1. The Morgan fingerprint density at radius 3 is 2.33 bits per heavy atom. The molecule has 170 valence electrons. The average molecular weight is 441 g/mol. The quantitative estimate of drug-likeness (QED) is 0.402. The van der Waals surface area contributed by atoms with Gasteiger partial charge >= 0.3 is 6.09 Å². The molecule has 1 amide bonds. The number of benzene rings is 1. The molecule has 8 nitrogen and oxygen atoms in total.